The molecule has 0 aromatic heterocycles. The lowest BCUT2D eigenvalue weighted by molar-refractivity contribution is -0.351. The van der Waals surface area contributed by atoms with Crippen molar-refractivity contribution in [3.63, 3.8) is 0 Å². The molecule has 10 bridgehead atoms. The predicted octanol–water partition coefficient (Wildman–Crippen LogP) is 5.91. The summed E-state index contributed by atoms with van der Waals surface area (Å²) in [6.07, 6.45) is -8.69. The minimum Gasteiger partial charge on any atom is -0.462 e. The van der Waals surface area contributed by atoms with Gasteiger partial charge in [-0.1, -0.05) is 88.4 Å². The molecule has 7 aliphatic rings. The van der Waals surface area contributed by atoms with E-state index in [9.17, 15) is 54.9 Å². The number of fused-ring (bicyclic) bond motifs is 8. The van der Waals surface area contributed by atoms with Crippen molar-refractivity contribution < 1.29 is 102 Å². The molecule has 0 saturated carbocycles. The normalized spacial score (nSPS) is 44.5. The van der Waals surface area contributed by atoms with Gasteiger partial charge in [0.2, 0.25) is 0 Å². The van der Waals surface area contributed by atoms with Gasteiger partial charge in [0.05, 0.1) is 85.1 Å². The number of ketones is 1. The number of Topliss-reactive ketones (excluding diaryl/α,β-unsaturated/α-hetero) is 1. The van der Waals surface area contributed by atoms with Crippen molar-refractivity contribution in [3.05, 3.63) is 60.2 Å². The molecule has 0 aromatic carbocycles. The topological polar surface area (TPSA) is 302 Å². The Balaban J connectivity index is 1.22. The van der Waals surface area contributed by atoms with Crippen molar-refractivity contribution in [2.75, 3.05) is 7.11 Å². The second kappa shape index (κ2) is 29.0. The lowest BCUT2D eigenvalue weighted by Crippen LogP contribution is -2.65. The van der Waals surface area contributed by atoms with Crippen molar-refractivity contribution in [2.45, 2.75) is 278 Å². The molecule has 480 valence electrons. The van der Waals surface area contributed by atoms with E-state index in [0.29, 0.717) is 43.3 Å². The van der Waals surface area contributed by atoms with Crippen LogP contribution in [-0.4, -0.2) is 187 Å². The first kappa shape index (κ1) is 69.0. The largest absolute Gasteiger partial charge is 0.462 e. The summed E-state index contributed by atoms with van der Waals surface area (Å²) < 4.78 is 63.4. The van der Waals surface area contributed by atoms with E-state index in [1.807, 2.05) is 12.2 Å². The Labute approximate surface area is 505 Å². The first-order valence-electron chi connectivity index (χ1n) is 30.3. The fraction of sp³-hybridized carbons (Fsp3) is 0.778. The average molecular weight is 1220 g/mol. The Morgan fingerprint density at radius 2 is 1.47 bits per heavy atom. The van der Waals surface area contributed by atoms with Crippen molar-refractivity contribution in [3.8, 4) is 0 Å². The molecule has 2 spiro atoms. The quantitative estimate of drug-likeness (QED) is 0.0611. The maximum absolute atomic E-state index is 14.5. The number of rotatable bonds is 9. The van der Waals surface area contributed by atoms with Crippen LogP contribution in [0.2, 0.25) is 0 Å². The van der Waals surface area contributed by atoms with E-state index >= 15 is 0 Å². The highest BCUT2D eigenvalue weighted by atomic mass is 35.5. The SMILES string of the molecule is C=C(Cl)/C=C/[C@@H](O)CC(=C)C[C@H]1O[C@@H]2[C@H](C)[C@@H](OC(=O)C[C@H]3C[C@H](OC(C)=O)C[C@@]4(C[C@@](C)(O)C[C@H](CC(=C)[C@@H](C)C(OC(C)=O)[C@H](C)C(=O)C[C@@H]5C[C@H](OC)C[C@@]6(C[C@@H](O)C[C@H](/C=C\CCC[C@H]7O[C@](O)(C[C@H](O)[C@H]7C)[C@H]2O)O6)O5)O4)O3)[C@@H]1O. The van der Waals surface area contributed by atoms with E-state index < -0.39 is 169 Å². The third kappa shape index (κ3) is 18.1. The van der Waals surface area contributed by atoms with Gasteiger partial charge in [0.25, 0.3) is 0 Å². The third-order valence-electron chi connectivity index (χ3n) is 18.3. The molecule has 6 fully saturated rings. The summed E-state index contributed by atoms with van der Waals surface area (Å²) in [5, 5.41) is 82.6. The molecule has 0 amide bonds. The molecule has 7 rings (SSSR count). The van der Waals surface area contributed by atoms with Crippen LogP contribution in [-0.2, 0) is 66.5 Å². The van der Waals surface area contributed by atoms with E-state index in [1.165, 1.54) is 26.0 Å². The molecule has 7 N–H and O–H groups in total. The average Bonchev–Trinajstić information content (AvgIpc) is 1.35. The summed E-state index contributed by atoms with van der Waals surface area (Å²) >= 11 is 5.89. The molecule has 21 nitrogen and oxygen atoms in total. The zero-order valence-corrected chi connectivity index (χ0v) is 51.5. The Kier molecular flexibility index (Phi) is 23.5. The third-order valence-corrected chi connectivity index (χ3v) is 18.4. The van der Waals surface area contributed by atoms with Gasteiger partial charge in [0.1, 0.15) is 36.3 Å². The van der Waals surface area contributed by atoms with Crippen LogP contribution in [0.15, 0.2) is 60.2 Å². The van der Waals surface area contributed by atoms with Crippen LogP contribution in [0.4, 0.5) is 0 Å². The van der Waals surface area contributed by atoms with E-state index in [2.05, 4.69) is 19.7 Å². The first-order chi connectivity index (χ1) is 39.8. The number of ether oxygens (including phenoxy) is 10. The fourth-order valence-electron chi connectivity index (χ4n) is 14.1. The number of allylic oxidation sites excluding steroid dienone is 3. The van der Waals surface area contributed by atoms with Crippen LogP contribution in [0.5, 0.6) is 0 Å². The van der Waals surface area contributed by atoms with E-state index in [0.717, 1.165) is 0 Å². The van der Waals surface area contributed by atoms with Crippen LogP contribution in [0.3, 0.4) is 0 Å². The minimum absolute atomic E-state index is 0.00321. The molecule has 0 radical (unpaired) electrons. The maximum atomic E-state index is 14.5. The molecule has 7 aliphatic heterocycles. The van der Waals surface area contributed by atoms with Crippen molar-refractivity contribution in [1.82, 2.24) is 0 Å². The van der Waals surface area contributed by atoms with Gasteiger partial charge >= 0.3 is 17.9 Å². The predicted molar refractivity (Wildman–Crippen MR) is 308 cm³/mol. The molecular formula is C63H95ClO21. The zero-order chi connectivity index (χ0) is 62.5. The van der Waals surface area contributed by atoms with Gasteiger partial charge < -0.3 is 83.1 Å². The molecule has 0 aliphatic carbocycles. The van der Waals surface area contributed by atoms with Crippen LogP contribution in [0.1, 0.15) is 158 Å². The number of methoxy groups -OCH3 is 1. The number of hydrogen-bond donors (Lipinski definition) is 7. The number of carbonyl (C=O) groups is 4. The van der Waals surface area contributed by atoms with Gasteiger partial charge in [-0.2, -0.15) is 0 Å². The van der Waals surface area contributed by atoms with Gasteiger partial charge in [-0.3, -0.25) is 19.2 Å². The van der Waals surface area contributed by atoms with E-state index in [-0.39, 0.29) is 81.1 Å². The number of carbonyl (C=O) groups excluding carboxylic acids is 4. The monoisotopic (exact) mass is 1220 g/mol. The number of aliphatic hydroxyl groups is 7. The summed E-state index contributed by atoms with van der Waals surface area (Å²) in [4.78, 5) is 54.3. The highest BCUT2D eigenvalue weighted by Crippen LogP contribution is 2.48. The lowest BCUT2D eigenvalue weighted by atomic mass is 9.78. The van der Waals surface area contributed by atoms with E-state index in [4.69, 9.17) is 59.0 Å². The van der Waals surface area contributed by atoms with Crippen LogP contribution in [0, 0.1) is 23.7 Å². The zero-order valence-electron chi connectivity index (χ0n) is 50.7. The standard InChI is InChI=1S/C63H95ClO21/c1-33(19-42(67)18-17-35(3)64)20-53-55(72)57-39(7)58(79-53)59(73)63(75)31-51(70)37(5)52(85-63)16-14-12-13-15-44-22-43(68)27-61(81-44)29-47(76-11)23-45(82-61)25-50(69)38(6)56(78-41(9)66)36(4)34(2)21-49-28-60(10,74)32-62(84-49)30-48(77-40(8)65)24-46(83-62)26-54(71)80-57/h13,15,17-18,36-39,42-49,51-53,55-59,67-68,70,72-75H,1-3,12,14,16,19-32H2,4-11H3/b15-13-,18-17+/t36-,37-,38-,39-,42-,43+,44+,45+,46-,47+,48+,49+,51+,52-,53-,55-,56?,57-,58-,59+,60+,61-,62-,63-/m1/s1. The molecule has 22 heteroatoms. The highest BCUT2D eigenvalue weighted by molar-refractivity contribution is 6.30. The minimum atomic E-state index is -2.40. The molecule has 1 unspecified atom stereocenters. The first-order valence-corrected chi connectivity index (χ1v) is 30.7. The van der Waals surface area contributed by atoms with Crippen LogP contribution < -0.4 is 0 Å². The highest BCUT2D eigenvalue weighted by Gasteiger charge is 2.58. The summed E-state index contributed by atoms with van der Waals surface area (Å²) in [5.41, 5.74) is -0.508. The number of esters is 3. The number of halogens is 1. The molecule has 24 atom stereocenters. The van der Waals surface area contributed by atoms with Crippen molar-refractivity contribution in [1.29, 1.82) is 0 Å². The Morgan fingerprint density at radius 1 is 0.812 bits per heavy atom. The van der Waals surface area contributed by atoms with Gasteiger partial charge in [-0.05, 0) is 51.5 Å². The molecular weight excluding hydrogens is 1130 g/mol. The van der Waals surface area contributed by atoms with Crippen molar-refractivity contribution in [2.24, 2.45) is 23.7 Å². The smallest absolute Gasteiger partial charge is 0.308 e. The fourth-order valence-corrected chi connectivity index (χ4v) is 14.2. The maximum Gasteiger partial charge on any atom is 0.308 e. The van der Waals surface area contributed by atoms with Gasteiger partial charge in [-0.25, -0.2) is 0 Å². The number of aliphatic hydroxyl groups excluding tert-OH is 5. The summed E-state index contributed by atoms with van der Waals surface area (Å²) in [6, 6.07) is 0. The lowest BCUT2D eigenvalue weighted by Gasteiger charge is -2.52. The van der Waals surface area contributed by atoms with Crippen LogP contribution >= 0.6 is 11.6 Å². The molecule has 0 aromatic rings. The van der Waals surface area contributed by atoms with Crippen LogP contribution in [0.25, 0.3) is 0 Å². The Hall–Kier alpha value is -3.49. The second-order valence-electron chi connectivity index (χ2n) is 25.9. The molecule has 7 heterocycles. The van der Waals surface area contributed by atoms with Crippen molar-refractivity contribution >= 4 is 35.3 Å². The van der Waals surface area contributed by atoms with Gasteiger partial charge in [0.15, 0.2) is 17.4 Å². The van der Waals surface area contributed by atoms with E-state index in [1.54, 1.807) is 41.7 Å². The summed E-state index contributed by atoms with van der Waals surface area (Å²) in [7, 11) is 1.57. The molecule has 85 heavy (non-hydrogen) atoms. The summed E-state index contributed by atoms with van der Waals surface area (Å²) in [6.45, 7) is 23.1. The Morgan fingerprint density at radius 3 is 2.15 bits per heavy atom. The van der Waals surface area contributed by atoms with Gasteiger partial charge in [0, 0.05) is 108 Å². The van der Waals surface area contributed by atoms with Gasteiger partial charge in [-0.15, -0.1) is 0 Å². The second-order valence-corrected chi connectivity index (χ2v) is 26.4. The molecule has 6 saturated heterocycles. The Bertz CT molecular complexity index is 2430. The summed E-state index contributed by atoms with van der Waals surface area (Å²) in [5.74, 6) is -10.7. The number of hydrogen-bond acceptors (Lipinski definition) is 21.